The van der Waals surface area contributed by atoms with Gasteiger partial charge in [-0.2, -0.15) is 26.3 Å². The summed E-state index contributed by atoms with van der Waals surface area (Å²) in [5, 5.41) is 3.10. The van der Waals surface area contributed by atoms with Crippen molar-refractivity contribution >= 4 is 46.9 Å². The fourth-order valence-electron chi connectivity index (χ4n) is 4.83. The Labute approximate surface area is 281 Å². The van der Waals surface area contributed by atoms with Crippen LogP contribution in [0.3, 0.4) is 0 Å². The molecule has 0 fully saturated rings. The number of hydrogen-bond donors (Lipinski definition) is 2. The monoisotopic (exact) mass is 718 g/mol. The SMILES string of the molecule is CC1COc2c1cc(C(CNC=O)C(F)(F)F)nc2-c1ccc(C(F)(F)F)c(Cl)c1.COc1cc(C)cc2cc(Cl)c(C)nc12.NC=O. The van der Waals surface area contributed by atoms with Crippen molar-refractivity contribution in [3.63, 3.8) is 0 Å². The van der Waals surface area contributed by atoms with Crippen molar-refractivity contribution in [2.75, 3.05) is 20.3 Å². The Morgan fingerprint density at radius 2 is 1.71 bits per heavy atom. The van der Waals surface area contributed by atoms with Crippen molar-refractivity contribution < 1.29 is 45.4 Å². The molecule has 1 aliphatic rings. The summed E-state index contributed by atoms with van der Waals surface area (Å²) in [7, 11) is 1.65. The summed E-state index contributed by atoms with van der Waals surface area (Å²) in [6, 6.07) is 10.0. The highest BCUT2D eigenvalue weighted by Crippen LogP contribution is 2.45. The number of rotatable bonds is 6. The van der Waals surface area contributed by atoms with Gasteiger partial charge >= 0.3 is 12.4 Å². The van der Waals surface area contributed by atoms with E-state index in [2.05, 4.69) is 21.8 Å². The lowest BCUT2D eigenvalue weighted by Gasteiger charge is -2.21. The van der Waals surface area contributed by atoms with Gasteiger partial charge in [0.05, 0.1) is 40.7 Å². The molecular formula is C32H30Cl2F6N4O4. The van der Waals surface area contributed by atoms with E-state index in [4.69, 9.17) is 37.5 Å². The maximum Gasteiger partial charge on any atom is 0.417 e. The minimum absolute atomic E-state index is 0.0390. The lowest BCUT2D eigenvalue weighted by atomic mass is 9.95. The Morgan fingerprint density at radius 1 is 1.04 bits per heavy atom. The van der Waals surface area contributed by atoms with Crippen LogP contribution >= 0.6 is 23.2 Å². The highest BCUT2D eigenvalue weighted by atomic mass is 35.5. The maximum atomic E-state index is 13.6. The normalized spacial score (nSPS) is 14.4. The third kappa shape index (κ3) is 8.98. The number of alkyl halides is 6. The highest BCUT2D eigenvalue weighted by Gasteiger charge is 2.43. The van der Waals surface area contributed by atoms with Gasteiger partial charge < -0.3 is 20.5 Å². The van der Waals surface area contributed by atoms with Gasteiger partial charge in [0.15, 0.2) is 0 Å². The molecule has 2 aromatic carbocycles. The number of pyridine rings is 2. The largest absolute Gasteiger partial charge is 0.494 e. The van der Waals surface area contributed by atoms with Crippen LogP contribution in [0.15, 0.2) is 42.5 Å². The standard InChI is InChI=1S/C19H15ClF6N2O2.C12H12ClNO.CH3NO/c1-9-7-30-17-11(9)5-15(13(6-27-8-29)19(24,25)26)28-16(17)10-2-3-12(14(20)4-10)18(21,22)23;1-7-4-9-6-10(13)8(2)14-12(9)11(5-7)15-3;2-1-3/h2-5,8-9,13H,6-7H2,1H3,(H,27,29);4-6H,1-3H3;1H,(H2,2,3). The Balaban J connectivity index is 0.000000288. The number of fused-ring (bicyclic) bond motifs is 2. The number of ether oxygens (including phenoxy) is 2. The van der Waals surface area contributed by atoms with Crippen LogP contribution in [0.5, 0.6) is 11.5 Å². The molecule has 0 saturated heterocycles. The number of aryl methyl sites for hydroxylation is 2. The second-order valence-corrected chi connectivity index (χ2v) is 11.4. The van der Waals surface area contributed by atoms with E-state index in [0.717, 1.165) is 46.1 Å². The Hall–Kier alpha value is -4.30. The van der Waals surface area contributed by atoms with Gasteiger partial charge in [-0.3, -0.25) is 9.59 Å². The molecule has 8 nitrogen and oxygen atoms in total. The number of nitrogens with zero attached hydrogens (tertiary/aromatic N) is 2. The molecule has 0 spiro atoms. The fourth-order valence-corrected chi connectivity index (χ4v) is 5.28. The molecule has 2 aromatic heterocycles. The Kier molecular flexibility index (Phi) is 12.5. The molecule has 2 atom stereocenters. The molecule has 2 unspecified atom stereocenters. The van der Waals surface area contributed by atoms with E-state index in [1.807, 2.05) is 31.3 Å². The molecular weight excluding hydrogens is 689 g/mol. The van der Waals surface area contributed by atoms with Crippen molar-refractivity contribution in [1.29, 1.82) is 0 Å². The lowest BCUT2D eigenvalue weighted by molar-refractivity contribution is -0.150. The lowest BCUT2D eigenvalue weighted by Crippen LogP contribution is -2.32. The molecule has 3 heterocycles. The van der Waals surface area contributed by atoms with Gasteiger partial charge in [0, 0.05) is 29.0 Å². The number of aromatic nitrogens is 2. The van der Waals surface area contributed by atoms with Gasteiger partial charge in [0.1, 0.15) is 28.6 Å². The number of carbonyl (C=O) groups excluding carboxylic acids is 2. The van der Waals surface area contributed by atoms with Crippen LogP contribution in [0.25, 0.3) is 22.2 Å². The third-order valence-corrected chi connectivity index (χ3v) is 7.81. The molecule has 4 aromatic rings. The smallest absolute Gasteiger partial charge is 0.417 e. The van der Waals surface area contributed by atoms with Crippen molar-refractivity contribution in [2.45, 2.75) is 45.0 Å². The minimum atomic E-state index is -4.71. The minimum Gasteiger partial charge on any atom is -0.494 e. The molecule has 0 aliphatic carbocycles. The van der Waals surface area contributed by atoms with Crippen molar-refractivity contribution in [2.24, 2.45) is 5.73 Å². The Bertz CT molecular complexity index is 1790. The van der Waals surface area contributed by atoms with E-state index < -0.39 is 35.4 Å². The number of methoxy groups -OCH3 is 1. The molecule has 0 bridgehead atoms. The van der Waals surface area contributed by atoms with Crippen LogP contribution in [0, 0.1) is 13.8 Å². The first kappa shape index (κ1) is 38.2. The molecule has 5 rings (SSSR count). The van der Waals surface area contributed by atoms with Gasteiger partial charge in [0.25, 0.3) is 0 Å². The van der Waals surface area contributed by atoms with Crippen LogP contribution in [-0.2, 0) is 15.8 Å². The first-order valence-corrected chi connectivity index (χ1v) is 14.8. The topological polar surface area (TPSA) is 116 Å². The van der Waals surface area contributed by atoms with Gasteiger partial charge in [-0.05, 0) is 55.8 Å². The summed E-state index contributed by atoms with van der Waals surface area (Å²) in [5.74, 6) is -1.36. The van der Waals surface area contributed by atoms with Crippen molar-refractivity contribution in [3.05, 3.63) is 80.6 Å². The molecule has 0 radical (unpaired) electrons. The number of benzene rings is 2. The van der Waals surface area contributed by atoms with Gasteiger partial charge in [0.2, 0.25) is 12.8 Å². The summed E-state index contributed by atoms with van der Waals surface area (Å²) in [5.41, 5.74) is 6.05. The second kappa shape index (κ2) is 15.7. The molecule has 0 saturated carbocycles. The van der Waals surface area contributed by atoms with Gasteiger partial charge in [-0.1, -0.05) is 36.2 Å². The second-order valence-electron chi connectivity index (χ2n) is 10.6. The number of carbonyl (C=O) groups is 2. The Morgan fingerprint density at radius 3 is 2.27 bits per heavy atom. The molecule has 2 amide bonds. The molecule has 16 heteroatoms. The molecule has 1 aliphatic heterocycles. The first-order chi connectivity index (χ1) is 22.5. The summed E-state index contributed by atoms with van der Waals surface area (Å²) in [6.07, 6.45) is -9.00. The maximum absolute atomic E-state index is 13.6. The van der Waals surface area contributed by atoms with E-state index >= 15 is 0 Å². The summed E-state index contributed by atoms with van der Waals surface area (Å²) in [4.78, 5) is 27.6. The molecule has 3 N–H and O–H groups in total. The van der Waals surface area contributed by atoms with Crippen LogP contribution in [0.1, 0.15) is 46.8 Å². The predicted octanol–water partition coefficient (Wildman–Crippen LogP) is 7.92. The van der Waals surface area contributed by atoms with E-state index in [0.29, 0.717) is 10.6 Å². The number of amides is 2. The predicted molar refractivity (Wildman–Crippen MR) is 169 cm³/mol. The molecule has 48 heavy (non-hydrogen) atoms. The van der Waals surface area contributed by atoms with Gasteiger partial charge in [-0.25, -0.2) is 9.97 Å². The van der Waals surface area contributed by atoms with E-state index in [-0.39, 0.29) is 48.0 Å². The van der Waals surface area contributed by atoms with Crippen LogP contribution in [-0.4, -0.2) is 49.2 Å². The number of halogens is 8. The van der Waals surface area contributed by atoms with E-state index in [1.165, 1.54) is 6.07 Å². The highest BCUT2D eigenvalue weighted by molar-refractivity contribution is 6.32. The van der Waals surface area contributed by atoms with Crippen LogP contribution in [0.4, 0.5) is 26.3 Å². The summed E-state index contributed by atoms with van der Waals surface area (Å²) in [6.45, 7) is 5.11. The number of primary amides is 1. The quantitative estimate of drug-likeness (QED) is 0.155. The molecule has 258 valence electrons. The van der Waals surface area contributed by atoms with Crippen LogP contribution in [0.2, 0.25) is 10.0 Å². The van der Waals surface area contributed by atoms with E-state index in [9.17, 15) is 31.1 Å². The number of nitrogens with one attached hydrogen (secondary N) is 1. The van der Waals surface area contributed by atoms with Gasteiger partial charge in [-0.15, -0.1) is 0 Å². The van der Waals surface area contributed by atoms with E-state index in [1.54, 1.807) is 14.0 Å². The zero-order valence-electron chi connectivity index (χ0n) is 25.9. The average molecular weight is 720 g/mol. The van der Waals surface area contributed by atoms with Crippen LogP contribution < -0.4 is 20.5 Å². The fraction of sp³-hybridized carbons (Fsp3) is 0.312. The summed E-state index contributed by atoms with van der Waals surface area (Å²) < 4.78 is 90.6. The zero-order valence-corrected chi connectivity index (χ0v) is 27.4. The average Bonchev–Trinajstić information content (AvgIpc) is 3.37. The van der Waals surface area contributed by atoms with Crippen molar-refractivity contribution in [1.82, 2.24) is 15.3 Å². The number of nitrogens with two attached hydrogens (primary N) is 1. The summed E-state index contributed by atoms with van der Waals surface area (Å²) >= 11 is 11.8. The van der Waals surface area contributed by atoms with Crippen molar-refractivity contribution in [3.8, 4) is 22.8 Å². The number of hydrogen-bond acceptors (Lipinski definition) is 6. The zero-order chi connectivity index (χ0) is 36.0. The third-order valence-electron chi connectivity index (χ3n) is 7.11. The first-order valence-electron chi connectivity index (χ1n) is 14.0.